The van der Waals surface area contributed by atoms with E-state index in [1.807, 2.05) is 13.0 Å². The zero-order chi connectivity index (χ0) is 22.9. The summed E-state index contributed by atoms with van der Waals surface area (Å²) in [6.07, 6.45) is 6.08. The smallest absolute Gasteiger partial charge is 0.251 e. The van der Waals surface area contributed by atoms with Gasteiger partial charge < -0.3 is 10.2 Å². The Hall–Kier alpha value is -2.70. The van der Waals surface area contributed by atoms with E-state index < -0.39 is 0 Å². The van der Waals surface area contributed by atoms with Crippen molar-refractivity contribution < 1.29 is 4.79 Å². The van der Waals surface area contributed by atoms with Crippen LogP contribution in [-0.2, 0) is 19.3 Å². The predicted molar refractivity (Wildman–Crippen MR) is 131 cm³/mol. The molecule has 2 aliphatic rings. The largest absolute Gasteiger partial charge is 0.344 e. The van der Waals surface area contributed by atoms with Crippen molar-refractivity contribution in [3.8, 4) is 0 Å². The van der Waals surface area contributed by atoms with E-state index in [1.54, 1.807) is 24.3 Å². The molecule has 5 rings (SSSR count). The number of pyridine rings is 1. The van der Waals surface area contributed by atoms with Gasteiger partial charge in [0.15, 0.2) is 0 Å². The van der Waals surface area contributed by atoms with E-state index in [9.17, 15) is 4.79 Å². The third-order valence-electron chi connectivity index (χ3n) is 6.35. The first-order chi connectivity index (χ1) is 16.0. The number of anilines is 2. The van der Waals surface area contributed by atoms with Crippen molar-refractivity contribution in [1.82, 2.24) is 20.3 Å². The summed E-state index contributed by atoms with van der Waals surface area (Å²) in [5.41, 5.74) is 5.77. The molecule has 1 N–H and O–H groups in total. The lowest BCUT2D eigenvalue weighted by Gasteiger charge is -2.33. The number of amides is 1. The third kappa shape index (κ3) is 4.55. The summed E-state index contributed by atoms with van der Waals surface area (Å²) in [5.74, 6) is 0.770. The first-order valence-electron chi connectivity index (χ1n) is 11.4. The van der Waals surface area contributed by atoms with Crippen LogP contribution in [0.1, 0.15) is 65.2 Å². The first-order valence-corrected chi connectivity index (χ1v) is 12.1. The van der Waals surface area contributed by atoms with E-state index in [1.165, 1.54) is 5.56 Å². The Morgan fingerprint density at radius 1 is 0.939 bits per heavy atom. The SMILES string of the molecule is CC(NC(=O)c1ccc(Cl)cc1)c1ccc2c(n1)CCCN2c1nc(Cl)nc2c1CCCC2. The van der Waals surface area contributed by atoms with Crippen molar-refractivity contribution in [3.05, 3.63) is 74.9 Å². The van der Waals surface area contributed by atoms with Crippen LogP contribution in [0.25, 0.3) is 0 Å². The Bertz CT molecular complexity index is 1200. The van der Waals surface area contributed by atoms with E-state index in [4.69, 9.17) is 28.2 Å². The molecule has 0 spiro atoms. The zero-order valence-electron chi connectivity index (χ0n) is 18.4. The quantitative estimate of drug-likeness (QED) is 0.488. The molecular weight excluding hydrogens is 457 g/mol. The molecule has 0 saturated carbocycles. The van der Waals surface area contributed by atoms with Crippen molar-refractivity contribution in [2.45, 2.75) is 51.5 Å². The highest BCUT2D eigenvalue weighted by atomic mass is 35.5. The van der Waals surface area contributed by atoms with Gasteiger partial charge in [-0.15, -0.1) is 0 Å². The van der Waals surface area contributed by atoms with Gasteiger partial charge in [-0.05, 0) is 93.4 Å². The van der Waals surface area contributed by atoms with Crippen LogP contribution in [0, 0.1) is 0 Å². The number of halogens is 2. The molecule has 1 amide bonds. The Morgan fingerprint density at radius 2 is 1.70 bits per heavy atom. The summed E-state index contributed by atoms with van der Waals surface area (Å²) >= 11 is 12.2. The maximum absolute atomic E-state index is 12.6. The van der Waals surface area contributed by atoms with Gasteiger partial charge in [-0.1, -0.05) is 11.6 Å². The monoisotopic (exact) mass is 481 g/mol. The summed E-state index contributed by atoms with van der Waals surface area (Å²) in [6, 6.07) is 10.7. The van der Waals surface area contributed by atoms with E-state index in [2.05, 4.69) is 26.3 Å². The van der Waals surface area contributed by atoms with Crippen LogP contribution in [0.3, 0.4) is 0 Å². The van der Waals surface area contributed by atoms with Crippen molar-refractivity contribution in [2.75, 3.05) is 11.4 Å². The van der Waals surface area contributed by atoms with E-state index in [0.29, 0.717) is 15.9 Å². The molecule has 6 nitrogen and oxygen atoms in total. The number of rotatable bonds is 4. The van der Waals surface area contributed by atoms with Crippen LogP contribution in [0.5, 0.6) is 0 Å². The molecule has 1 aliphatic heterocycles. The predicted octanol–water partition coefficient (Wildman–Crippen LogP) is 5.63. The molecule has 1 atom stereocenters. The summed E-state index contributed by atoms with van der Waals surface area (Å²) < 4.78 is 0. The van der Waals surface area contributed by atoms with Crippen LogP contribution in [0.15, 0.2) is 36.4 Å². The van der Waals surface area contributed by atoms with Gasteiger partial charge in [0.05, 0.1) is 28.8 Å². The second-order valence-corrected chi connectivity index (χ2v) is 9.38. The second-order valence-electron chi connectivity index (χ2n) is 8.61. The molecule has 0 fully saturated rings. The number of nitrogens with one attached hydrogen (secondary N) is 1. The van der Waals surface area contributed by atoms with Gasteiger partial charge in [-0.25, -0.2) is 4.98 Å². The van der Waals surface area contributed by atoms with Gasteiger partial charge in [-0.3, -0.25) is 9.78 Å². The lowest BCUT2D eigenvalue weighted by atomic mass is 9.95. The third-order valence-corrected chi connectivity index (χ3v) is 6.77. The van der Waals surface area contributed by atoms with Crippen LogP contribution in [0.2, 0.25) is 10.3 Å². The molecular formula is C25H25Cl2N5O. The Balaban J connectivity index is 1.41. The number of carbonyl (C=O) groups excluding carboxylic acids is 1. The topological polar surface area (TPSA) is 71.0 Å². The number of hydrogen-bond acceptors (Lipinski definition) is 5. The lowest BCUT2D eigenvalue weighted by Crippen LogP contribution is -2.30. The Labute approximate surface area is 203 Å². The molecule has 3 aromatic rings. The van der Waals surface area contributed by atoms with Crippen LogP contribution in [0.4, 0.5) is 11.5 Å². The molecule has 3 heterocycles. The standard InChI is InChI=1S/C25H25Cl2N5O/c1-15(28-24(33)16-8-10-17(26)11-9-16)19-12-13-22-21(29-19)7-4-14-32(22)23-18-5-2-3-6-20(18)30-25(27)31-23/h8-13,15H,2-7,14H2,1H3,(H,28,33). The number of benzene rings is 1. The fourth-order valence-electron chi connectivity index (χ4n) is 4.65. The number of fused-ring (bicyclic) bond motifs is 2. The van der Waals surface area contributed by atoms with Gasteiger partial charge in [0, 0.05) is 22.7 Å². The van der Waals surface area contributed by atoms with Crippen molar-refractivity contribution in [3.63, 3.8) is 0 Å². The first kappa shape index (κ1) is 22.1. The minimum Gasteiger partial charge on any atom is -0.344 e. The van der Waals surface area contributed by atoms with Crippen LogP contribution >= 0.6 is 23.2 Å². The van der Waals surface area contributed by atoms with Crippen molar-refractivity contribution in [2.24, 2.45) is 0 Å². The number of aryl methyl sites for hydroxylation is 2. The number of carbonyl (C=O) groups is 1. The van der Waals surface area contributed by atoms with Crippen LogP contribution < -0.4 is 10.2 Å². The van der Waals surface area contributed by atoms with Gasteiger partial charge >= 0.3 is 0 Å². The van der Waals surface area contributed by atoms with E-state index in [0.717, 1.165) is 73.7 Å². The minimum absolute atomic E-state index is 0.150. The molecule has 0 bridgehead atoms. The number of hydrogen-bond donors (Lipinski definition) is 1. The summed E-state index contributed by atoms with van der Waals surface area (Å²) in [5, 5.41) is 3.94. The molecule has 33 heavy (non-hydrogen) atoms. The average Bonchev–Trinajstić information content (AvgIpc) is 2.83. The van der Waals surface area contributed by atoms with Gasteiger partial charge in [-0.2, -0.15) is 4.98 Å². The summed E-state index contributed by atoms with van der Waals surface area (Å²) in [6.45, 7) is 2.82. The second kappa shape index (κ2) is 9.27. The fourth-order valence-corrected chi connectivity index (χ4v) is 4.96. The number of aromatic nitrogens is 3. The molecule has 1 unspecified atom stereocenters. The molecule has 8 heteroatoms. The molecule has 2 aromatic heterocycles. The number of nitrogens with zero attached hydrogens (tertiary/aromatic N) is 4. The Morgan fingerprint density at radius 3 is 2.52 bits per heavy atom. The fraction of sp³-hybridized carbons (Fsp3) is 0.360. The van der Waals surface area contributed by atoms with Gasteiger partial charge in [0.1, 0.15) is 5.82 Å². The summed E-state index contributed by atoms with van der Waals surface area (Å²) in [7, 11) is 0. The minimum atomic E-state index is -0.227. The molecule has 170 valence electrons. The van der Waals surface area contributed by atoms with Gasteiger partial charge in [0.25, 0.3) is 5.91 Å². The highest BCUT2D eigenvalue weighted by molar-refractivity contribution is 6.30. The van der Waals surface area contributed by atoms with E-state index >= 15 is 0 Å². The zero-order valence-corrected chi connectivity index (χ0v) is 20.0. The summed E-state index contributed by atoms with van der Waals surface area (Å²) in [4.78, 5) is 28.9. The maximum Gasteiger partial charge on any atom is 0.251 e. The average molecular weight is 482 g/mol. The molecule has 0 saturated heterocycles. The normalized spacial score (nSPS) is 16.0. The van der Waals surface area contributed by atoms with Crippen molar-refractivity contribution in [1.29, 1.82) is 0 Å². The molecule has 1 aliphatic carbocycles. The van der Waals surface area contributed by atoms with Crippen LogP contribution in [-0.4, -0.2) is 27.4 Å². The Kier molecular flexibility index (Phi) is 6.21. The van der Waals surface area contributed by atoms with E-state index in [-0.39, 0.29) is 11.9 Å². The van der Waals surface area contributed by atoms with Crippen molar-refractivity contribution >= 4 is 40.6 Å². The highest BCUT2D eigenvalue weighted by Gasteiger charge is 2.27. The maximum atomic E-state index is 12.6. The molecule has 0 radical (unpaired) electrons. The van der Waals surface area contributed by atoms with Gasteiger partial charge in [0.2, 0.25) is 5.28 Å². The highest BCUT2D eigenvalue weighted by Crippen LogP contribution is 2.37. The molecule has 1 aromatic carbocycles. The lowest BCUT2D eigenvalue weighted by molar-refractivity contribution is 0.0939.